The summed E-state index contributed by atoms with van der Waals surface area (Å²) in [4.78, 5) is 0. The number of rotatable bonds is 4. The Balaban J connectivity index is 1.38. The molecule has 5 aliphatic rings. The third-order valence-electron chi connectivity index (χ3n) is 6.68. The van der Waals surface area contributed by atoms with Gasteiger partial charge in [-0.15, -0.1) is 0 Å². The molecule has 2 unspecified atom stereocenters. The lowest BCUT2D eigenvalue weighted by atomic mass is 9.48. The van der Waals surface area contributed by atoms with Crippen molar-refractivity contribution < 1.29 is 4.74 Å². The molecule has 2 nitrogen and oxygen atoms in total. The van der Waals surface area contributed by atoms with Gasteiger partial charge in [-0.1, -0.05) is 0 Å². The van der Waals surface area contributed by atoms with Gasteiger partial charge in [0.15, 0.2) is 0 Å². The molecular formula is C18H29NO. The number of hydrogen-bond acceptors (Lipinski definition) is 2. The molecule has 1 N–H and O–H groups in total. The molecule has 20 heavy (non-hydrogen) atoms. The fourth-order valence-electron chi connectivity index (χ4n) is 5.97. The van der Waals surface area contributed by atoms with Crippen molar-refractivity contribution >= 4 is 0 Å². The monoisotopic (exact) mass is 275 g/mol. The smallest absolute Gasteiger partial charge is 0.110 e. The van der Waals surface area contributed by atoms with Gasteiger partial charge < -0.3 is 10.1 Å². The first-order valence-corrected chi connectivity index (χ1v) is 8.77. The second kappa shape index (κ2) is 5.05. The van der Waals surface area contributed by atoms with E-state index in [1.807, 2.05) is 6.26 Å². The minimum Gasteiger partial charge on any atom is -0.497 e. The van der Waals surface area contributed by atoms with Crippen LogP contribution >= 0.6 is 0 Å². The average Bonchev–Trinajstić information content (AvgIpc) is 2.44. The molecule has 4 fully saturated rings. The summed E-state index contributed by atoms with van der Waals surface area (Å²) in [6.07, 6.45) is 15.9. The molecule has 4 bridgehead atoms. The molecule has 1 heterocycles. The van der Waals surface area contributed by atoms with Crippen LogP contribution in [0.1, 0.15) is 58.3 Å². The summed E-state index contributed by atoms with van der Waals surface area (Å²) in [7, 11) is 0. The van der Waals surface area contributed by atoms with E-state index < -0.39 is 0 Å². The molecule has 112 valence electrons. The van der Waals surface area contributed by atoms with Crippen molar-refractivity contribution in [2.75, 3.05) is 6.54 Å². The number of allylic oxidation sites excluding steroid dienone is 1. The zero-order valence-electron chi connectivity index (χ0n) is 12.8. The van der Waals surface area contributed by atoms with Gasteiger partial charge in [-0.2, -0.15) is 0 Å². The maximum atomic E-state index is 5.70. The third kappa shape index (κ3) is 2.30. The Kier molecular flexibility index (Phi) is 3.33. The van der Waals surface area contributed by atoms with Crippen molar-refractivity contribution in [2.24, 2.45) is 23.2 Å². The highest BCUT2D eigenvalue weighted by atomic mass is 16.5. The molecule has 2 heteroatoms. The number of nitrogens with one attached hydrogen (secondary N) is 1. The van der Waals surface area contributed by atoms with Gasteiger partial charge in [-0.25, -0.2) is 0 Å². The standard InChI is InChI=1S/C18H29NO/c1-13(19-12-17-4-2-3-5-20-17)18-9-14-6-15(10-18)8-16(7-14)11-18/h3,5,13-17,19H,2,4,6-12H2,1H3. The van der Waals surface area contributed by atoms with E-state index in [2.05, 4.69) is 18.3 Å². The van der Waals surface area contributed by atoms with Crippen LogP contribution in [0.25, 0.3) is 0 Å². The van der Waals surface area contributed by atoms with Crippen LogP contribution in [0.15, 0.2) is 12.3 Å². The highest BCUT2D eigenvalue weighted by Gasteiger charge is 2.52. The van der Waals surface area contributed by atoms with Crippen LogP contribution in [-0.2, 0) is 4.74 Å². The van der Waals surface area contributed by atoms with E-state index in [0.29, 0.717) is 17.6 Å². The second-order valence-corrected chi connectivity index (χ2v) is 8.12. The Morgan fingerprint density at radius 2 is 1.80 bits per heavy atom. The van der Waals surface area contributed by atoms with Crippen LogP contribution in [0.4, 0.5) is 0 Å². The topological polar surface area (TPSA) is 21.3 Å². The lowest BCUT2D eigenvalue weighted by Gasteiger charge is -2.59. The molecule has 0 spiro atoms. The van der Waals surface area contributed by atoms with E-state index in [9.17, 15) is 0 Å². The van der Waals surface area contributed by atoms with Gasteiger partial charge in [0.25, 0.3) is 0 Å². The number of ether oxygens (including phenoxy) is 1. The Morgan fingerprint density at radius 1 is 1.15 bits per heavy atom. The van der Waals surface area contributed by atoms with E-state index in [4.69, 9.17) is 4.74 Å². The lowest BCUT2D eigenvalue weighted by molar-refractivity contribution is -0.0718. The summed E-state index contributed by atoms with van der Waals surface area (Å²) in [6.45, 7) is 3.49. The summed E-state index contributed by atoms with van der Waals surface area (Å²) >= 11 is 0. The second-order valence-electron chi connectivity index (χ2n) is 8.12. The molecule has 4 aliphatic carbocycles. The van der Waals surface area contributed by atoms with E-state index >= 15 is 0 Å². The van der Waals surface area contributed by atoms with Gasteiger partial charge in [0.2, 0.25) is 0 Å². The Morgan fingerprint density at radius 3 is 2.35 bits per heavy atom. The molecule has 2 atom stereocenters. The maximum Gasteiger partial charge on any atom is 0.110 e. The first-order chi connectivity index (χ1) is 9.73. The minimum atomic E-state index is 0.399. The van der Waals surface area contributed by atoms with Crippen LogP contribution in [0.3, 0.4) is 0 Å². The van der Waals surface area contributed by atoms with Crippen molar-refractivity contribution in [3.05, 3.63) is 12.3 Å². The van der Waals surface area contributed by atoms with Crippen LogP contribution in [0, 0.1) is 23.2 Å². The fourth-order valence-corrected chi connectivity index (χ4v) is 5.97. The van der Waals surface area contributed by atoms with E-state index in [-0.39, 0.29) is 0 Å². The Labute approximate surface area is 123 Å². The fraction of sp³-hybridized carbons (Fsp3) is 0.889. The third-order valence-corrected chi connectivity index (χ3v) is 6.68. The minimum absolute atomic E-state index is 0.399. The molecule has 0 amide bonds. The molecule has 0 saturated heterocycles. The Hall–Kier alpha value is -0.500. The van der Waals surface area contributed by atoms with Gasteiger partial charge in [0.05, 0.1) is 6.26 Å². The van der Waals surface area contributed by atoms with Gasteiger partial charge in [-0.05, 0) is 87.5 Å². The predicted molar refractivity (Wildman–Crippen MR) is 81.3 cm³/mol. The largest absolute Gasteiger partial charge is 0.497 e. The van der Waals surface area contributed by atoms with Crippen molar-refractivity contribution in [3.63, 3.8) is 0 Å². The molecule has 0 radical (unpaired) electrons. The quantitative estimate of drug-likeness (QED) is 0.841. The predicted octanol–water partition coefficient (Wildman–Crippen LogP) is 3.87. The zero-order chi connectivity index (χ0) is 13.6. The van der Waals surface area contributed by atoms with Crippen LogP contribution in [0.2, 0.25) is 0 Å². The zero-order valence-corrected chi connectivity index (χ0v) is 12.8. The molecule has 0 aromatic rings. The first-order valence-electron chi connectivity index (χ1n) is 8.77. The van der Waals surface area contributed by atoms with Crippen molar-refractivity contribution in [1.82, 2.24) is 5.32 Å². The molecule has 0 aromatic heterocycles. The van der Waals surface area contributed by atoms with Crippen molar-refractivity contribution in [3.8, 4) is 0 Å². The van der Waals surface area contributed by atoms with E-state index in [0.717, 1.165) is 24.3 Å². The van der Waals surface area contributed by atoms with Gasteiger partial charge in [0, 0.05) is 12.6 Å². The summed E-state index contributed by atoms with van der Waals surface area (Å²) in [6, 6.07) is 0.672. The molecule has 1 aliphatic heterocycles. The Bertz CT molecular complexity index is 354. The van der Waals surface area contributed by atoms with Crippen LogP contribution in [0.5, 0.6) is 0 Å². The lowest BCUT2D eigenvalue weighted by Crippen LogP contribution is -2.55. The number of hydrogen-bond donors (Lipinski definition) is 1. The van der Waals surface area contributed by atoms with E-state index in [1.54, 1.807) is 19.3 Å². The average molecular weight is 275 g/mol. The molecule has 0 aromatic carbocycles. The normalized spacial score (nSPS) is 47.2. The molecule has 4 saturated carbocycles. The summed E-state index contributed by atoms with van der Waals surface area (Å²) < 4.78 is 5.70. The van der Waals surface area contributed by atoms with E-state index in [1.165, 1.54) is 32.1 Å². The van der Waals surface area contributed by atoms with Crippen molar-refractivity contribution in [1.29, 1.82) is 0 Å². The van der Waals surface area contributed by atoms with Crippen molar-refractivity contribution in [2.45, 2.75) is 70.4 Å². The highest BCUT2D eigenvalue weighted by molar-refractivity contribution is 5.05. The molecule has 5 rings (SSSR count). The van der Waals surface area contributed by atoms with Gasteiger partial charge in [0.1, 0.15) is 6.10 Å². The van der Waals surface area contributed by atoms with Crippen LogP contribution < -0.4 is 5.32 Å². The highest BCUT2D eigenvalue weighted by Crippen LogP contribution is 2.61. The first kappa shape index (κ1) is 13.2. The van der Waals surface area contributed by atoms with Gasteiger partial charge in [-0.3, -0.25) is 0 Å². The summed E-state index contributed by atoms with van der Waals surface area (Å²) in [5.74, 6) is 3.16. The summed E-state index contributed by atoms with van der Waals surface area (Å²) in [5, 5.41) is 3.85. The van der Waals surface area contributed by atoms with Crippen LogP contribution in [-0.4, -0.2) is 18.7 Å². The summed E-state index contributed by atoms with van der Waals surface area (Å²) in [5.41, 5.74) is 0.624. The molecular weight excluding hydrogens is 246 g/mol. The maximum absolute atomic E-state index is 5.70. The SMILES string of the molecule is CC(NCC1CCC=CO1)C12CC3CC(CC(C3)C1)C2. The van der Waals surface area contributed by atoms with Gasteiger partial charge >= 0.3 is 0 Å².